The number of rotatable bonds is 4. The van der Waals surface area contributed by atoms with Crippen molar-refractivity contribution in [1.82, 2.24) is 9.46 Å². The van der Waals surface area contributed by atoms with Gasteiger partial charge in [0.25, 0.3) is 0 Å². The summed E-state index contributed by atoms with van der Waals surface area (Å²) in [5.74, 6) is 0.574. The molecule has 2 heterocycles. The monoisotopic (exact) mass is 259 g/mol. The Bertz CT molecular complexity index is 489. The molecule has 0 aliphatic carbocycles. The Balaban J connectivity index is 2.22. The van der Waals surface area contributed by atoms with Crippen LogP contribution in [0.1, 0.15) is 31.2 Å². The predicted molar refractivity (Wildman–Crippen MR) is 64.0 cm³/mol. The van der Waals surface area contributed by atoms with Gasteiger partial charge in [-0.15, -0.1) is 0 Å². The first kappa shape index (κ1) is 12.4. The summed E-state index contributed by atoms with van der Waals surface area (Å²) in [6, 6.07) is 0. The van der Waals surface area contributed by atoms with E-state index in [9.17, 15) is 8.42 Å². The van der Waals surface area contributed by atoms with Crippen LogP contribution in [-0.2, 0) is 16.6 Å². The highest BCUT2D eigenvalue weighted by molar-refractivity contribution is 7.90. The minimum atomic E-state index is -3.45. The van der Waals surface area contributed by atoms with E-state index < -0.39 is 10.2 Å². The van der Waals surface area contributed by atoms with Crippen LogP contribution in [0.25, 0.3) is 0 Å². The van der Waals surface area contributed by atoms with Crippen molar-refractivity contribution < 1.29 is 12.9 Å². The van der Waals surface area contributed by atoms with Gasteiger partial charge in [-0.05, 0) is 19.8 Å². The van der Waals surface area contributed by atoms with Crippen LogP contribution >= 0.6 is 0 Å². The maximum atomic E-state index is 12.1. The molecule has 0 radical (unpaired) electrons. The number of nitrogens with zero attached hydrogens (tertiary/aromatic N) is 2. The predicted octanol–water partition coefficient (Wildman–Crippen LogP) is 1.30. The maximum Gasteiger partial charge on any atom is 0.301 e. The molecule has 7 heteroatoms. The summed E-state index contributed by atoms with van der Waals surface area (Å²) in [5, 5.41) is 3.78. The maximum absolute atomic E-state index is 12.1. The van der Waals surface area contributed by atoms with Gasteiger partial charge in [-0.1, -0.05) is 12.1 Å². The van der Waals surface area contributed by atoms with E-state index in [1.807, 2.05) is 6.92 Å². The molecule has 0 spiro atoms. The van der Waals surface area contributed by atoms with Gasteiger partial charge in [-0.25, -0.2) is 0 Å². The zero-order valence-corrected chi connectivity index (χ0v) is 10.9. The van der Waals surface area contributed by atoms with Crippen LogP contribution in [-0.4, -0.2) is 31.0 Å². The number of aryl methyl sites for hydroxylation is 2. The Morgan fingerprint density at radius 2 is 2.06 bits per heavy atom. The molecule has 0 unspecified atom stereocenters. The molecule has 0 bridgehead atoms. The van der Waals surface area contributed by atoms with Crippen LogP contribution in [0.3, 0.4) is 0 Å². The smallest absolute Gasteiger partial charge is 0.301 e. The highest BCUT2D eigenvalue weighted by Crippen LogP contribution is 2.23. The summed E-state index contributed by atoms with van der Waals surface area (Å²) < 4.78 is 33.2. The SMILES string of the molecule is CCc1onc(C)c1NS(=O)(=O)N1CCCC1. The molecule has 1 aromatic heterocycles. The third-order valence-corrected chi connectivity index (χ3v) is 4.40. The van der Waals surface area contributed by atoms with Crippen LogP contribution in [0, 0.1) is 6.92 Å². The third kappa shape index (κ3) is 2.44. The summed E-state index contributed by atoms with van der Waals surface area (Å²) in [6.07, 6.45) is 2.45. The highest BCUT2D eigenvalue weighted by atomic mass is 32.2. The van der Waals surface area contributed by atoms with Gasteiger partial charge in [0.1, 0.15) is 11.4 Å². The summed E-state index contributed by atoms with van der Waals surface area (Å²) in [6.45, 7) is 4.79. The van der Waals surface area contributed by atoms with E-state index in [1.54, 1.807) is 6.92 Å². The first-order valence-electron chi connectivity index (χ1n) is 5.77. The van der Waals surface area contributed by atoms with Crippen molar-refractivity contribution in [1.29, 1.82) is 0 Å². The molecule has 2 rings (SSSR count). The molecule has 1 aliphatic heterocycles. The molecule has 1 aromatic rings. The lowest BCUT2D eigenvalue weighted by molar-refractivity contribution is 0.383. The van der Waals surface area contributed by atoms with E-state index in [1.165, 1.54) is 4.31 Å². The van der Waals surface area contributed by atoms with Gasteiger partial charge < -0.3 is 4.52 Å². The lowest BCUT2D eigenvalue weighted by atomic mass is 10.3. The molecule has 17 heavy (non-hydrogen) atoms. The van der Waals surface area contributed by atoms with E-state index in [2.05, 4.69) is 9.88 Å². The fourth-order valence-electron chi connectivity index (χ4n) is 1.91. The molecule has 0 aromatic carbocycles. The van der Waals surface area contributed by atoms with Crippen LogP contribution in [0.15, 0.2) is 4.52 Å². The second kappa shape index (κ2) is 4.66. The van der Waals surface area contributed by atoms with Gasteiger partial charge >= 0.3 is 10.2 Å². The number of hydrogen-bond donors (Lipinski definition) is 1. The average Bonchev–Trinajstić information content (AvgIpc) is 2.90. The second-order valence-electron chi connectivity index (χ2n) is 4.13. The van der Waals surface area contributed by atoms with E-state index in [0.29, 0.717) is 36.7 Å². The molecule has 1 fully saturated rings. The molecule has 1 aliphatic rings. The van der Waals surface area contributed by atoms with Crippen molar-refractivity contribution in [2.45, 2.75) is 33.1 Å². The Morgan fingerprint density at radius 3 is 2.65 bits per heavy atom. The van der Waals surface area contributed by atoms with E-state index >= 15 is 0 Å². The number of nitrogens with one attached hydrogen (secondary N) is 1. The zero-order valence-electron chi connectivity index (χ0n) is 10.1. The Labute approximate surface area is 101 Å². The minimum Gasteiger partial charge on any atom is -0.359 e. The Morgan fingerprint density at radius 1 is 1.41 bits per heavy atom. The number of hydrogen-bond acceptors (Lipinski definition) is 4. The van der Waals surface area contributed by atoms with Crippen molar-refractivity contribution in [3.63, 3.8) is 0 Å². The van der Waals surface area contributed by atoms with E-state index in [4.69, 9.17) is 4.52 Å². The largest absolute Gasteiger partial charge is 0.359 e. The van der Waals surface area contributed by atoms with Crippen molar-refractivity contribution in [3.8, 4) is 0 Å². The van der Waals surface area contributed by atoms with E-state index in [0.717, 1.165) is 12.8 Å². The quantitative estimate of drug-likeness (QED) is 0.884. The van der Waals surface area contributed by atoms with Crippen LogP contribution in [0.4, 0.5) is 5.69 Å². The molecular formula is C10H17N3O3S. The molecule has 96 valence electrons. The topological polar surface area (TPSA) is 75.4 Å². The molecule has 1 N–H and O–H groups in total. The normalized spacial score (nSPS) is 17.5. The second-order valence-corrected chi connectivity index (χ2v) is 5.80. The fourth-order valence-corrected chi connectivity index (χ4v) is 3.30. The van der Waals surface area contributed by atoms with Gasteiger partial charge in [0, 0.05) is 19.5 Å². The zero-order chi connectivity index (χ0) is 12.5. The summed E-state index contributed by atoms with van der Waals surface area (Å²) in [4.78, 5) is 0. The van der Waals surface area contributed by atoms with Gasteiger partial charge in [0.2, 0.25) is 0 Å². The standard InChI is InChI=1S/C10H17N3O3S/c1-3-9-10(8(2)11-16-9)12-17(14,15)13-6-4-5-7-13/h12H,3-7H2,1-2H3. The molecule has 1 saturated heterocycles. The highest BCUT2D eigenvalue weighted by Gasteiger charge is 2.27. The summed E-state index contributed by atoms with van der Waals surface area (Å²) in [5.41, 5.74) is 1.06. The molecule has 0 amide bonds. The lowest BCUT2D eigenvalue weighted by Gasteiger charge is -2.16. The molecule has 0 atom stereocenters. The molecular weight excluding hydrogens is 242 g/mol. The third-order valence-electron chi connectivity index (χ3n) is 2.89. The van der Waals surface area contributed by atoms with Crippen LogP contribution in [0.5, 0.6) is 0 Å². The number of anilines is 1. The molecule has 0 saturated carbocycles. The lowest BCUT2D eigenvalue weighted by Crippen LogP contribution is -2.33. The van der Waals surface area contributed by atoms with Crippen molar-refractivity contribution >= 4 is 15.9 Å². The van der Waals surface area contributed by atoms with Crippen LogP contribution < -0.4 is 4.72 Å². The fraction of sp³-hybridized carbons (Fsp3) is 0.700. The van der Waals surface area contributed by atoms with Crippen molar-refractivity contribution in [3.05, 3.63) is 11.5 Å². The average molecular weight is 259 g/mol. The minimum absolute atomic E-state index is 0.486. The van der Waals surface area contributed by atoms with Gasteiger partial charge in [-0.2, -0.15) is 12.7 Å². The van der Waals surface area contributed by atoms with Gasteiger partial charge in [0.05, 0.1) is 0 Å². The molecule has 6 nitrogen and oxygen atoms in total. The first-order chi connectivity index (χ1) is 8.04. The van der Waals surface area contributed by atoms with Gasteiger partial charge in [0.15, 0.2) is 5.76 Å². The first-order valence-corrected chi connectivity index (χ1v) is 7.21. The summed E-state index contributed by atoms with van der Waals surface area (Å²) in [7, 11) is -3.45. The number of aromatic nitrogens is 1. The van der Waals surface area contributed by atoms with Gasteiger partial charge in [-0.3, -0.25) is 4.72 Å². The van der Waals surface area contributed by atoms with Crippen LogP contribution in [0.2, 0.25) is 0 Å². The van der Waals surface area contributed by atoms with Crippen molar-refractivity contribution in [2.24, 2.45) is 0 Å². The van der Waals surface area contributed by atoms with Crippen molar-refractivity contribution in [2.75, 3.05) is 17.8 Å². The summed E-state index contributed by atoms with van der Waals surface area (Å²) >= 11 is 0. The Kier molecular flexibility index (Phi) is 3.39. The van der Waals surface area contributed by atoms with E-state index in [-0.39, 0.29) is 0 Å². The Hall–Kier alpha value is -1.08.